The Hall–Kier alpha value is -2.58. The van der Waals surface area contributed by atoms with Crippen molar-refractivity contribution in [2.45, 2.75) is 0 Å². The summed E-state index contributed by atoms with van der Waals surface area (Å²) in [6, 6.07) is 1.26. The minimum absolute atomic E-state index is 0.106. The minimum atomic E-state index is -0.563. The lowest BCUT2D eigenvalue weighted by atomic mass is 10.2. The highest BCUT2D eigenvalue weighted by molar-refractivity contribution is 5.65. The van der Waals surface area contributed by atoms with Gasteiger partial charge < -0.3 is 0 Å². The zero-order valence-corrected chi connectivity index (χ0v) is 7.02. The first-order valence-electron chi connectivity index (χ1n) is 3.86. The first kappa shape index (κ1) is 7.79. The highest BCUT2D eigenvalue weighted by Crippen LogP contribution is 2.27. The Kier molecular flexibility index (Phi) is 1.28. The van der Waals surface area contributed by atoms with Gasteiger partial charge in [-0.05, 0) is 10.4 Å². The van der Waals surface area contributed by atoms with Crippen molar-refractivity contribution in [1.29, 1.82) is 0 Å². The average molecular weight is 203 g/mol. The first-order chi connectivity index (χ1) is 7.27. The molecule has 9 heteroatoms. The second-order valence-corrected chi connectivity index (χ2v) is 2.80. The van der Waals surface area contributed by atoms with Crippen LogP contribution in [0.1, 0.15) is 0 Å². The van der Waals surface area contributed by atoms with E-state index in [1.807, 2.05) is 0 Å². The number of rotatable bonds is 1. The molecule has 2 aliphatic rings. The lowest BCUT2D eigenvalue weighted by molar-refractivity contribution is -0.386. The number of benzene rings is 1. The molecule has 15 heavy (non-hydrogen) atoms. The SMILES string of the molecule is O=[N+]([O-])c1cc2c(c3c1=NN=N3)N=NN=2. The molecule has 0 N–H and O–H groups in total. The first-order valence-corrected chi connectivity index (χ1v) is 3.86. The molecule has 1 aromatic rings. The van der Waals surface area contributed by atoms with Gasteiger partial charge in [0.1, 0.15) is 11.0 Å². The highest BCUT2D eigenvalue weighted by Gasteiger charge is 2.24. The second-order valence-electron chi connectivity index (χ2n) is 2.80. The molecule has 1 aromatic carbocycles. The molecular formula is C6HN7O2. The van der Waals surface area contributed by atoms with Gasteiger partial charge in [-0.1, -0.05) is 0 Å². The summed E-state index contributed by atoms with van der Waals surface area (Å²) in [4.78, 5) is 10.2. The molecule has 0 spiro atoms. The molecule has 0 saturated carbocycles. The van der Waals surface area contributed by atoms with Gasteiger partial charge in [-0.25, -0.2) is 0 Å². The summed E-state index contributed by atoms with van der Waals surface area (Å²) in [5.41, 5.74) is 0.439. The van der Waals surface area contributed by atoms with Crippen LogP contribution in [-0.2, 0) is 0 Å². The van der Waals surface area contributed by atoms with Crippen molar-refractivity contribution in [3.63, 3.8) is 0 Å². The summed E-state index contributed by atoms with van der Waals surface area (Å²) in [5, 5.41) is 32.5. The molecule has 0 aliphatic carbocycles. The Morgan fingerprint density at radius 2 is 1.87 bits per heavy atom. The molecule has 0 bridgehead atoms. The molecule has 0 unspecified atom stereocenters. The summed E-state index contributed by atoms with van der Waals surface area (Å²) < 4.78 is 0. The third-order valence-electron chi connectivity index (χ3n) is 1.99. The van der Waals surface area contributed by atoms with Crippen LogP contribution in [0.3, 0.4) is 0 Å². The quantitative estimate of drug-likeness (QED) is 0.496. The Labute approximate surface area is 80.7 Å². The van der Waals surface area contributed by atoms with E-state index in [4.69, 9.17) is 0 Å². The van der Waals surface area contributed by atoms with Crippen LogP contribution >= 0.6 is 0 Å². The standard InChI is InChI=1S/C6HN7O2/c14-13(15)3-1-2-4(8-11-7-2)6-5(3)9-12-10-6/h1H. The smallest absolute Gasteiger partial charge is 0.258 e. The summed E-state index contributed by atoms with van der Waals surface area (Å²) >= 11 is 0. The fourth-order valence-corrected chi connectivity index (χ4v) is 1.36. The monoisotopic (exact) mass is 203 g/mol. The minimum Gasteiger partial charge on any atom is -0.258 e. The van der Waals surface area contributed by atoms with Crippen LogP contribution in [0.2, 0.25) is 0 Å². The Morgan fingerprint density at radius 3 is 2.67 bits per heavy atom. The van der Waals surface area contributed by atoms with Crippen LogP contribution in [0.25, 0.3) is 0 Å². The van der Waals surface area contributed by atoms with Crippen molar-refractivity contribution in [3.05, 3.63) is 26.9 Å². The van der Waals surface area contributed by atoms with Crippen LogP contribution < -0.4 is 10.7 Å². The van der Waals surface area contributed by atoms with Gasteiger partial charge in [0.25, 0.3) is 0 Å². The van der Waals surface area contributed by atoms with Crippen molar-refractivity contribution in [2.75, 3.05) is 0 Å². The van der Waals surface area contributed by atoms with Crippen LogP contribution in [-0.4, -0.2) is 4.92 Å². The number of nitro benzene ring substituents is 1. The van der Waals surface area contributed by atoms with E-state index in [2.05, 4.69) is 30.9 Å². The molecule has 2 heterocycles. The lowest BCUT2D eigenvalue weighted by Crippen LogP contribution is -2.13. The lowest BCUT2D eigenvalue weighted by Gasteiger charge is -1.93. The van der Waals surface area contributed by atoms with Gasteiger partial charge in [0, 0.05) is 6.07 Å². The van der Waals surface area contributed by atoms with Gasteiger partial charge in [-0.2, -0.15) is 0 Å². The fourth-order valence-electron chi connectivity index (χ4n) is 1.36. The third kappa shape index (κ3) is 0.907. The summed E-state index contributed by atoms with van der Waals surface area (Å²) in [6.07, 6.45) is 0. The third-order valence-corrected chi connectivity index (χ3v) is 1.99. The maximum Gasteiger partial charge on any atom is 0.301 e. The Bertz CT molecular complexity index is 659. The topological polar surface area (TPSA) is 117 Å². The van der Waals surface area contributed by atoms with Crippen LogP contribution in [0.4, 0.5) is 17.1 Å². The molecule has 0 saturated heterocycles. The normalized spacial score (nSPS) is 14.4. The van der Waals surface area contributed by atoms with Crippen molar-refractivity contribution in [3.8, 4) is 0 Å². The molecule has 0 atom stereocenters. The molecule has 9 nitrogen and oxygen atoms in total. The van der Waals surface area contributed by atoms with E-state index in [0.717, 1.165) is 0 Å². The van der Waals surface area contributed by atoms with Crippen molar-refractivity contribution >= 4 is 17.1 Å². The molecule has 72 valence electrons. The van der Waals surface area contributed by atoms with Crippen LogP contribution in [0.15, 0.2) is 36.9 Å². The molecule has 0 radical (unpaired) electrons. The van der Waals surface area contributed by atoms with Crippen molar-refractivity contribution in [1.82, 2.24) is 0 Å². The Morgan fingerprint density at radius 1 is 1.13 bits per heavy atom. The van der Waals surface area contributed by atoms with E-state index in [-0.39, 0.29) is 16.7 Å². The Balaban J connectivity index is 2.50. The van der Waals surface area contributed by atoms with Gasteiger partial charge in [0.05, 0.1) is 4.92 Å². The molecular weight excluding hydrogens is 202 g/mol. The van der Waals surface area contributed by atoms with Gasteiger partial charge in [-0.3, -0.25) is 10.1 Å². The molecule has 3 rings (SSSR count). The van der Waals surface area contributed by atoms with Crippen molar-refractivity contribution in [2.24, 2.45) is 30.9 Å². The molecule has 0 fully saturated rings. The van der Waals surface area contributed by atoms with E-state index >= 15 is 0 Å². The van der Waals surface area contributed by atoms with Gasteiger partial charge in [-0.15, -0.1) is 20.4 Å². The number of nitrogens with zero attached hydrogens (tertiary/aromatic N) is 7. The largest absolute Gasteiger partial charge is 0.301 e. The number of hydrogen-bond donors (Lipinski definition) is 0. The maximum atomic E-state index is 10.7. The predicted octanol–water partition coefficient (Wildman–Crippen LogP) is 0.859. The highest BCUT2D eigenvalue weighted by atomic mass is 16.6. The molecule has 2 aliphatic heterocycles. The average Bonchev–Trinajstić information content (AvgIpc) is 2.83. The van der Waals surface area contributed by atoms with E-state index in [9.17, 15) is 10.1 Å². The zero-order valence-electron chi connectivity index (χ0n) is 7.02. The van der Waals surface area contributed by atoms with Gasteiger partial charge in [0.15, 0.2) is 11.0 Å². The van der Waals surface area contributed by atoms with Gasteiger partial charge in [0.2, 0.25) is 0 Å². The van der Waals surface area contributed by atoms with E-state index in [0.29, 0.717) is 11.0 Å². The molecule has 0 aromatic heterocycles. The number of hydrogen-bond acceptors (Lipinski definition) is 8. The van der Waals surface area contributed by atoms with Crippen molar-refractivity contribution < 1.29 is 4.92 Å². The number of non-ortho nitro benzene ring substituents is 1. The van der Waals surface area contributed by atoms with E-state index < -0.39 is 4.92 Å². The van der Waals surface area contributed by atoms with Crippen LogP contribution in [0.5, 0.6) is 0 Å². The zero-order chi connectivity index (χ0) is 10.4. The maximum absolute atomic E-state index is 10.7. The predicted molar refractivity (Wildman–Crippen MR) is 44.4 cm³/mol. The van der Waals surface area contributed by atoms with E-state index in [1.54, 1.807) is 0 Å². The number of nitro groups is 1. The summed E-state index contributed by atoms with van der Waals surface area (Å²) in [5.74, 6) is 0. The second kappa shape index (κ2) is 2.47. The summed E-state index contributed by atoms with van der Waals surface area (Å²) in [6.45, 7) is 0. The van der Waals surface area contributed by atoms with Crippen LogP contribution in [0, 0.1) is 10.1 Å². The molecule has 0 amide bonds. The number of fused-ring (bicyclic) bond motifs is 3. The van der Waals surface area contributed by atoms with E-state index in [1.165, 1.54) is 6.07 Å². The fraction of sp³-hybridized carbons (Fsp3) is 0. The summed E-state index contributed by atoms with van der Waals surface area (Å²) in [7, 11) is 0. The van der Waals surface area contributed by atoms with Gasteiger partial charge >= 0.3 is 5.69 Å².